The summed E-state index contributed by atoms with van der Waals surface area (Å²) in [7, 11) is 1.50. The van der Waals surface area contributed by atoms with Gasteiger partial charge in [0.1, 0.15) is 5.75 Å². The van der Waals surface area contributed by atoms with Crippen LogP contribution in [0.2, 0.25) is 0 Å². The third-order valence-electron chi connectivity index (χ3n) is 2.33. The number of aromatic nitrogens is 1. The minimum absolute atomic E-state index is 0.143. The van der Waals surface area contributed by atoms with Gasteiger partial charge >= 0.3 is 6.03 Å². The van der Waals surface area contributed by atoms with Crippen molar-refractivity contribution in [1.29, 1.82) is 0 Å². The minimum Gasteiger partial charge on any atom is -0.508 e. The number of anilines is 2. The van der Waals surface area contributed by atoms with E-state index in [0.717, 1.165) is 0 Å². The zero-order chi connectivity index (χ0) is 13.7. The van der Waals surface area contributed by atoms with Gasteiger partial charge in [-0.3, -0.25) is 0 Å². The number of phenols is 1. The molecule has 2 amide bonds. The van der Waals surface area contributed by atoms with Crippen molar-refractivity contribution in [2.45, 2.75) is 0 Å². The second-order valence-corrected chi connectivity index (χ2v) is 3.71. The Morgan fingerprint density at radius 3 is 2.53 bits per heavy atom. The van der Waals surface area contributed by atoms with E-state index in [9.17, 15) is 4.79 Å². The Hall–Kier alpha value is -2.76. The summed E-state index contributed by atoms with van der Waals surface area (Å²) in [5.74, 6) is 0.562. The number of methoxy groups -OCH3 is 1. The standard InChI is InChI=1S/C13H13N3O3/c1-19-12-8-10(6-7-14-12)16-13(18)15-9-2-4-11(17)5-3-9/h2-8,17H,1H3,(H2,14,15,16,18). The van der Waals surface area contributed by atoms with Gasteiger partial charge in [-0.05, 0) is 30.3 Å². The highest BCUT2D eigenvalue weighted by Crippen LogP contribution is 2.16. The molecule has 2 aromatic rings. The predicted molar refractivity (Wildman–Crippen MR) is 71.5 cm³/mol. The predicted octanol–water partition coefficient (Wildman–Crippen LogP) is 2.44. The normalized spacial score (nSPS) is 9.74. The molecule has 1 heterocycles. The summed E-state index contributed by atoms with van der Waals surface area (Å²) in [6.07, 6.45) is 1.54. The van der Waals surface area contributed by atoms with Gasteiger partial charge in [-0.25, -0.2) is 9.78 Å². The van der Waals surface area contributed by atoms with Crippen LogP contribution in [0.3, 0.4) is 0 Å². The molecular weight excluding hydrogens is 246 g/mol. The summed E-state index contributed by atoms with van der Waals surface area (Å²) in [5, 5.41) is 14.4. The zero-order valence-electron chi connectivity index (χ0n) is 10.3. The van der Waals surface area contributed by atoms with Crippen molar-refractivity contribution in [2.75, 3.05) is 17.7 Å². The van der Waals surface area contributed by atoms with E-state index >= 15 is 0 Å². The van der Waals surface area contributed by atoms with Gasteiger partial charge in [0.25, 0.3) is 0 Å². The van der Waals surface area contributed by atoms with Crippen LogP contribution < -0.4 is 15.4 Å². The number of benzene rings is 1. The first kappa shape index (κ1) is 12.7. The van der Waals surface area contributed by atoms with E-state index in [0.29, 0.717) is 17.3 Å². The number of amides is 2. The average Bonchev–Trinajstić information content (AvgIpc) is 2.41. The Morgan fingerprint density at radius 1 is 1.16 bits per heavy atom. The van der Waals surface area contributed by atoms with Crippen LogP contribution in [0.4, 0.5) is 16.2 Å². The highest BCUT2D eigenvalue weighted by Gasteiger charge is 2.04. The van der Waals surface area contributed by atoms with Gasteiger partial charge in [0.15, 0.2) is 0 Å². The monoisotopic (exact) mass is 259 g/mol. The van der Waals surface area contributed by atoms with Crippen LogP contribution in [-0.2, 0) is 0 Å². The fourth-order valence-electron chi connectivity index (χ4n) is 1.44. The van der Waals surface area contributed by atoms with Crippen molar-refractivity contribution < 1.29 is 14.6 Å². The van der Waals surface area contributed by atoms with Crippen molar-refractivity contribution in [3.8, 4) is 11.6 Å². The molecule has 0 radical (unpaired) electrons. The fraction of sp³-hybridized carbons (Fsp3) is 0.0769. The number of urea groups is 1. The zero-order valence-corrected chi connectivity index (χ0v) is 10.3. The molecule has 1 aromatic heterocycles. The molecule has 0 fully saturated rings. The van der Waals surface area contributed by atoms with Crippen molar-refractivity contribution in [3.63, 3.8) is 0 Å². The Bertz CT molecular complexity index is 570. The molecule has 19 heavy (non-hydrogen) atoms. The first-order valence-electron chi connectivity index (χ1n) is 5.54. The highest BCUT2D eigenvalue weighted by molar-refractivity contribution is 5.99. The molecule has 0 atom stereocenters. The molecule has 0 aliphatic rings. The van der Waals surface area contributed by atoms with Crippen LogP contribution in [-0.4, -0.2) is 23.2 Å². The lowest BCUT2D eigenvalue weighted by atomic mass is 10.3. The summed E-state index contributed by atoms with van der Waals surface area (Å²) in [6.45, 7) is 0. The molecule has 1 aromatic carbocycles. The van der Waals surface area contributed by atoms with Crippen LogP contribution in [0.1, 0.15) is 0 Å². The second kappa shape index (κ2) is 5.72. The van der Waals surface area contributed by atoms with Gasteiger partial charge in [-0.15, -0.1) is 0 Å². The number of aromatic hydroxyl groups is 1. The lowest BCUT2D eigenvalue weighted by molar-refractivity contribution is 0.262. The Labute approximate surface area is 110 Å². The second-order valence-electron chi connectivity index (χ2n) is 3.71. The molecule has 0 saturated heterocycles. The maximum atomic E-state index is 11.7. The Balaban J connectivity index is 1.99. The van der Waals surface area contributed by atoms with Gasteiger partial charge < -0.3 is 20.5 Å². The number of carbonyl (C=O) groups excluding carboxylic acids is 1. The van der Waals surface area contributed by atoms with E-state index in [1.807, 2.05) is 0 Å². The van der Waals surface area contributed by atoms with Crippen molar-refractivity contribution in [3.05, 3.63) is 42.6 Å². The van der Waals surface area contributed by atoms with Gasteiger partial charge in [-0.2, -0.15) is 0 Å². The largest absolute Gasteiger partial charge is 0.508 e. The van der Waals surface area contributed by atoms with Crippen molar-refractivity contribution >= 4 is 17.4 Å². The first-order valence-corrected chi connectivity index (χ1v) is 5.54. The molecule has 0 saturated carbocycles. The van der Waals surface area contributed by atoms with Crippen molar-refractivity contribution in [2.24, 2.45) is 0 Å². The number of hydrogen-bond donors (Lipinski definition) is 3. The average molecular weight is 259 g/mol. The molecule has 0 spiro atoms. The van der Waals surface area contributed by atoms with E-state index < -0.39 is 0 Å². The lowest BCUT2D eigenvalue weighted by Gasteiger charge is -2.08. The number of carbonyl (C=O) groups is 1. The lowest BCUT2D eigenvalue weighted by Crippen LogP contribution is -2.19. The number of phenolic OH excluding ortho intramolecular Hbond substituents is 1. The van der Waals surface area contributed by atoms with Crippen LogP contribution in [0.5, 0.6) is 11.6 Å². The van der Waals surface area contributed by atoms with Gasteiger partial charge in [0.05, 0.1) is 7.11 Å². The van der Waals surface area contributed by atoms with Crippen LogP contribution >= 0.6 is 0 Å². The fourth-order valence-corrected chi connectivity index (χ4v) is 1.44. The minimum atomic E-state index is -0.390. The number of nitrogens with zero attached hydrogens (tertiary/aromatic N) is 1. The summed E-state index contributed by atoms with van der Waals surface area (Å²) in [6, 6.07) is 9.05. The molecule has 6 nitrogen and oxygen atoms in total. The number of hydrogen-bond acceptors (Lipinski definition) is 4. The Kier molecular flexibility index (Phi) is 3.82. The molecule has 0 aliphatic heterocycles. The number of rotatable bonds is 3. The number of nitrogens with one attached hydrogen (secondary N) is 2. The summed E-state index contributed by atoms with van der Waals surface area (Å²) in [4.78, 5) is 15.7. The molecule has 3 N–H and O–H groups in total. The molecule has 0 aliphatic carbocycles. The third kappa shape index (κ3) is 3.60. The third-order valence-corrected chi connectivity index (χ3v) is 2.33. The summed E-state index contributed by atoms with van der Waals surface area (Å²) >= 11 is 0. The summed E-state index contributed by atoms with van der Waals surface area (Å²) in [5.41, 5.74) is 1.15. The van der Waals surface area contributed by atoms with E-state index in [1.165, 1.54) is 25.4 Å². The van der Waals surface area contributed by atoms with E-state index in [2.05, 4.69) is 15.6 Å². The SMILES string of the molecule is COc1cc(NC(=O)Nc2ccc(O)cc2)ccn1. The number of ether oxygens (including phenoxy) is 1. The molecule has 6 heteroatoms. The maximum absolute atomic E-state index is 11.7. The quantitative estimate of drug-likeness (QED) is 0.739. The van der Waals surface area contributed by atoms with E-state index in [1.54, 1.807) is 24.3 Å². The first-order chi connectivity index (χ1) is 9.17. The Morgan fingerprint density at radius 2 is 1.84 bits per heavy atom. The van der Waals surface area contributed by atoms with Crippen LogP contribution in [0.25, 0.3) is 0 Å². The molecule has 98 valence electrons. The van der Waals surface area contributed by atoms with Crippen LogP contribution in [0, 0.1) is 0 Å². The molecule has 0 unspecified atom stereocenters. The van der Waals surface area contributed by atoms with E-state index in [4.69, 9.17) is 9.84 Å². The van der Waals surface area contributed by atoms with Gasteiger partial charge in [0, 0.05) is 23.6 Å². The van der Waals surface area contributed by atoms with Crippen LogP contribution in [0.15, 0.2) is 42.6 Å². The van der Waals surface area contributed by atoms with Gasteiger partial charge in [0.2, 0.25) is 5.88 Å². The van der Waals surface area contributed by atoms with Crippen molar-refractivity contribution in [1.82, 2.24) is 4.98 Å². The van der Waals surface area contributed by atoms with E-state index in [-0.39, 0.29) is 11.8 Å². The molecule has 2 rings (SSSR count). The molecule has 0 bridgehead atoms. The highest BCUT2D eigenvalue weighted by atomic mass is 16.5. The maximum Gasteiger partial charge on any atom is 0.323 e. The smallest absolute Gasteiger partial charge is 0.323 e. The number of pyridine rings is 1. The molecular formula is C13H13N3O3. The van der Waals surface area contributed by atoms with Gasteiger partial charge in [-0.1, -0.05) is 0 Å². The summed E-state index contributed by atoms with van der Waals surface area (Å²) < 4.78 is 4.96. The topological polar surface area (TPSA) is 83.5 Å².